The van der Waals surface area contributed by atoms with Gasteiger partial charge in [-0.3, -0.25) is 0 Å². The van der Waals surface area contributed by atoms with Crippen LogP contribution in [0.2, 0.25) is 0 Å². The van der Waals surface area contributed by atoms with Crippen molar-refractivity contribution in [1.82, 2.24) is 5.32 Å². The SMILES string of the molecule is CCC(C)NC(C)COc1cccc(F)c1. The van der Waals surface area contributed by atoms with Gasteiger partial charge in [0.2, 0.25) is 0 Å². The molecule has 0 aromatic heterocycles. The minimum atomic E-state index is -0.264. The van der Waals surface area contributed by atoms with Crippen molar-refractivity contribution in [2.24, 2.45) is 0 Å². The molecule has 1 aromatic rings. The zero-order chi connectivity index (χ0) is 12.0. The molecule has 0 aliphatic heterocycles. The Kier molecular flexibility index (Phi) is 5.26. The molecule has 0 saturated carbocycles. The van der Waals surface area contributed by atoms with Gasteiger partial charge in [0, 0.05) is 18.2 Å². The minimum Gasteiger partial charge on any atom is -0.492 e. The fraction of sp³-hybridized carbons (Fsp3) is 0.538. The van der Waals surface area contributed by atoms with Crippen molar-refractivity contribution in [1.29, 1.82) is 0 Å². The van der Waals surface area contributed by atoms with Crippen molar-refractivity contribution < 1.29 is 9.13 Å². The van der Waals surface area contributed by atoms with Crippen LogP contribution >= 0.6 is 0 Å². The molecule has 0 fully saturated rings. The second kappa shape index (κ2) is 6.48. The van der Waals surface area contributed by atoms with Crippen LogP contribution in [0.4, 0.5) is 4.39 Å². The second-order valence-electron chi connectivity index (χ2n) is 4.15. The van der Waals surface area contributed by atoms with E-state index in [0.29, 0.717) is 18.4 Å². The van der Waals surface area contributed by atoms with Crippen molar-refractivity contribution >= 4 is 0 Å². The van der Waals surface area contributed by atoms with E-state index >= 15 is 0 Å². The highest BCUT2D eigenvalue weighted by atomic mass is 19.1. The van der Waals surface area contributed by atoms with Crippen LogP contribution in [-0.2, 0) is 0 Å². The summed E-state index contributed by atoms with van der Waals surface area (Å²) in [7, 11) is 0. The summed E-state index contributed by atoms with van der Waals surface area (Å²) >= 11 is 0. The Bertz CT molecular complexity index is 317. The van der Waals surface area contributed by atoms with E-state index in [4.69, 9.17) is 4.74 Å². The van der Waals surface area contributed by atoms with E-state index in [-0.39, 0.29) is 11.9 Å². The molecule has 2 unspecified atom stereocenters. The van der Waals surface area contributed by atoms with Gasteiger partial charge in [-0.15, -0.1) is 0 Å². The zero-order valence-electron chi connectivity index (χ0n) is 10.2. The van der Waals surface area contributed by atoms with Crippen LogP contribution in [0.1, 0.15) is 27.2 Å². The molecule has 2 atom stereocenters. The van der Waals surface area contributed by atoms with Crippen LogP contribution in [-0.4, -0.2) is 18.7 Å². The monoisotopic (exact) mass is 225 g/mol. The number of rotatable bonds is 6. The van der Waals surface area contributed by atoms with Crippen LogP contribution in [0, 0.1) is 5.82 Å². The van der Waals surface area contributed by atoms with Crippen LogP contribution in [0.3, 0.4) is 0 Å². The number of nitrogens with one attached hydrogen (secondary N) is 1. The lowest BCUT2D eigenvalue weighted by Gasteiger charge is -2.19. The normalized spacial score (nSPS) is 14.5. The molecule has 0 saturated heterocycles. The molecular formula is C13H20FNO. The van der Waals surface area contributed by atoms with Crippen molar-refractivity contribution in [3.63, 3.8) is 0 Å². The molecule has 2 nitrogen and oxygen atoms in total. The number of halogens is 1. The molecule has 0 aliphatic rings. The maximum atomic E-state index is 12.9. The summed E-state index contributed by atoms with van der Waals surface area (Å²) in [4.78, 5) is 0. The second-order valence-corrected chi connectivity index (χ2v) is 4.15. The van der Waals surface area contributed by atoms with Crippen molar-refractivity contribution in [2.45, 2.75) is 39.3 Å². The third-order valence-corrected chi connectivity index (χ3v) is 2.48. The summed E-state index contributed by atoms with van der Waals surface area (Å²) < 4.78 is 18.4. The van der Waals surface area contributed by atoms with Crippen molar-refractivity contribution in [3.8, 4) is 5.75 Å². The van der Waals surface area contributed by atoms with Crippen molar-refractivity contribution in [3.05, 3.63) is 30.1 Å². The Morgan fingerprint density at radius 2 is 2.06 bits per heavy atom. The van der Waals surface area contributed by atoms with Crippen molar-refractivity contribution in [2.75, 3.05) is 6.61 Å². The minimum absolute atomic E-state index is 0.262. The maximum Gasteiger partial charge on any atom is 0.126 e. The average Bonchev–Trinajstić information content (AvgIpc) is 2.26. The van der Waals surface area contributed by atoms with E-state index in [1.807, 2.05) is 0 Å². The first-order valence-corrected chi connectivity index (χ1v) is 5.76. The van der Waals surface area contributed by atoms with Gasteiger partial charge in [0.25, 0.3) is 0 Å². The Balaban J connectivity index is 2.34. The lowest BCUT2D eigenvalue weighted by Crippen LogP contribution is -2.37. The van der Waals surface area contributed by atoms with Gasteiger partial charge in [0.15, 0.2) is 0 Å². The van der Waals surface area contributed by atoms with E-state index in [2.05, 4.69) is 26.1 Å². The number of ether oxygens (including phenoxy) is 1. The zero-order valence-corrected chi connectivity index (χ0v) is 10.2. The van der Waals surface area contributed by atoms with Gasteiger partial charge < -0.3 is 10.1 Å². The van der Waals surface area contributed by atoms with Gasteiger partial charge in [-0.2, -0.15) is 0 Å². The molecule has 0 bridgehead atoms. The summed E-state index contributed by atoms with van der Waals surface area (Å²) in [5.41, 5.74) is 0. The molecule has 1 N–H and O–H groups in total. The van der Waals surface area contributed by atoms with Gasteiger partial charge in [-0.1, -0.05) is 13.0 Å². The largest absolute Gasteiger partial charge is 0.492 e. The van der Waals surface area contributed by atoms with E-state index in [0.717, 1.165) is 6.42 Å². The van der Waals surface area contributed by atoms with Gasteiger partial charge in [-0.25, -0.2) is 4.39 Å². The highest BCUT2D eigenvalue weighted by Gasteiger charge is 2.06. The summed E-state index contributed by atoms with van der Waals surface area (Å²) in [6.45, 7) is 6.88. The first kappa shape index (κ1) is 13.0. The standard InChI is InChI=1S/C13H20FNO/c1-4-10(2)15-11(3)9-16-13-7-5-6-12(14)8-13/h5-8,10-11,15H,4,9H2,1-3H3. The Morgan fingerprint density at radius 3 is 2.69 bits per heavy atom. The van der Waals surface area contributed by atoms with Gasteiger partial charge in [-0.05, 0) is 32.4 Å². The van der Waals surface area contributed by atoms with E-state index in [9.17, 15) is 4.39 Å². The molecule has 16 heavy (non-hydrogen) atoms. The predicted octanol–water partition coefficient (Wildman–Crippen LogP) is 2.98. The first-order chi connectivity index (χ1) is 7.61. The fourth-order valence-corrected chi connectivity index (χ4v) is 1.43. The van der Waals surface area contributed by atoms with Gasteiger partial charge in [0.05, 0.1) is 0 Å². The molecule has 3 heteroatoms. The van der Waals surface area contributed by atoms with E-state index < -0.39 is 0 Å². The van der Waals surface area contributed by atoms with Gasteiger partial charge >= 0.3 is 0 Å². The smallest absolute Gasteiger partial charge is 0.126 e. The molecular weight excluding hydrogens is 205 g/mol. The highest BCUT2D eigenvalue weighted by Crippen LogP contribution is 2.12. The highest BCUT2D eigenvalue weighted by molar-refractivity contribution is 5.22. The predicted molar refractivity (Wildman–Crippen MR) is 64.2 cm³/mol. The summed E-state index contributed by atoms with van der Waals surface area (Å²) in [5.74, 6) is 0.317. The first-order valence-electron chi connectivity index (χ1n) is 5.76. The van der Waals surface area contributed by atoms with Crippen LogP contribution in [0.15, 0.2) is 24.3 Å². The number of benzene rings is 1. The molecule has 0 amide bonds. The maximum absolute atomic E-state index is 12.9. The van der Waals surface area contributed by atoms with E-state index in [1.165, 1.54) is 12.1 Å². The molecule has 1 rings (SSSR count). The molecule has 0 radical (unpaired) electrons. The Labute approximate surface area is 96.8 Å². The summed E-state index contributed by atoms with van der Waals surface area (Å²) in [6.07, 6.45) is 1.09. The summed E-state index contributed by atoms with van der Waals surface area (Å²) in [6, 6.07) is 6.96. The topological polar surface area (TPSA) is 21.3 Å². The average molecular weight is 225 g/mol. The van der Waals surface area contributed by atoms with E-state index in [1.54, 1.807) is 12.1 Å². The van der Waals surface area contributed by atoms with Crippen LogP contribution in [0.25, 0.3) is 0 Å². The molecule has 0 aliphatic carbocycles. The number of hydrogen-bond donors (Lipinski definition) is 1. The quantitative estimate of drug-likeness (QED) is 0.803. The molecule has 0 spiro atoms. The molecule has 1 aromatic carbocycles. The summed E-state index contributed by atoms with van der Waals surface area (Å²) in [5, 5.41) is 3.40. The lowest BCUT2D eigenvalue weighted by atomic mass is 10.2. The third kappa shape index (κ3) is 4.62. The van der Waals surface area contributed by atoms with Crippen LogP contribution in [0.5, 0.6) is 5.75 Å². The molecule has 0 heterocycles. The fourth-order valence-electron chi connectivity index (χ4n) is 1.43. The van der Waals surface area contributed by atoms with Gasteiger partial charge in [0.1, 0.15) is 18.2 Å². The molecule has 90 valence electrons. The Morgan fingerprint density at radius 1 is 1.31 bits per heavy atom. The van der Waals surface area contributed by atoms with Crippen LogP contribution < -0.4 is 10.1 Å². The Hall–Kier alpha value is -1.09. The number of hydrogen-bond acceptors (Lipinski definition) is 2. The third-order valence-electron chi connectivity index (χ3n) is 2.48. The lowest BCUT2D eigenvalue weighted by molar-refractivity contribution is 0.261.